The maximum Gasteiger partial charge on any atom is 0.276 e. The Hall–Kier alpha value is -2.35. The number of anilines is 1. The minimum Gasteiger partial charge on any atom is -0.543 e. The molecule has 2 saturated heterocycles. The summed E-state index contributed by atoms with van der Waals surface area (Å²) < 4.78 is 0.757. The van der Waals surface area contributed by atoms with Crippen LogP contribution in [0.1, 0.15) is 18.5 Å². The number of hydrogen-bond acceptors (Lipinski definition) is 10. The van der Waals surface area contributed by atoms with Crippen molar-refractivity contribution in [1.29, 1.82) is 0 Å². The number of thioether (sulfide) groups is 1. The smallest absolute Gasteiger partial charge is 0.276 e. The average molecular weight is 517 g/mol. The minimum absolute atomic E-state index is 0. The maximum absolute atomic E-state index is 12.9. The van der Waals surface area contributed by atoms with Gasteiger partial charge in [-0.1, -0.05) is 5.16 Å². The van der Waals surface area contributed by atoms with Crippen molar-refractivity contribution in [2.45, 2.75) is 24.3 Å². The van der Waals surface area contributed by atoms with Crippen LogP contribution in [-0.4, -0.2) is 88.8 Å². The SMILES string of the molecule is CON=C(C(=O)N[C@@H]1C(=O)N2C(C(=O)[O-])=C(C[N+]3(C)CCCC3)CS[C@H]12)c1csc(N)n1.Cl. The Morgan fingerprint density at radius 2 is 2.12 bits per heavy atom. The molecular weight excluding hydrogens is 492 g/mol. The Bertz CT molecular complexity index is 1020. The number of carbonyl (C=O) groups excluding carboxylic acids is 3. The molecule has 2 fully saturated rings. The van der Waals surface area contributed by atoms with E-state index in [0.717, 1.165) is 41.8 Å². The number of rotatable bonds is 7. The first-order valence-corrected chi connectivity index (χ1v) is 12.0. The van der Waals surface area contributed by atoms with E-state index in [1.165, 1.54) is 23.8 Å². The lowest BCUT2D eigenvalue weighted by molar-refractivity contribution is -0.893. The Morgan fingerprint density at radius 1 is 1.42 bits per heavy atom. The van der Waals surface area contributed by atoms with Crippen molar-refractivity contribution in [3.05, 3.63) is 22.3 Å². The van der Waals surface area contributed by atoms with Crippen LogP contribution >= 0.6 is 35.5 Å². The number of β-lactam (4-membered cyclic amide) rings is 1. The molecule has 1 aromatic heterocycles. The van der Waals surface area contributed by atoms with Gasteiger partial charge < -0.3 is 30.3 Å². The molecule has 0 spiro atoms. The van der Waals surface area contributed by atoms with Gasteiger partial charge in [-0.15, -0.1) is 35.5 Å². The van der Waals surface area contributed by atoms with Gasteiger partial charge in [-0.05, 0) is 0 Å². The number of nitrogens with one attached hydrogen (secondary N) is 1. The van der Waals surface area contributed by atoms with Gasteiger partial charge in [0.15, 0.2) is 10.8 Å². The van der Waals surface area contributed by atoms with Crippen LogP contribution in [0, 0.1) is 0 Å². The zero-order valence-electron chi connectivity index (χ0n) is 18.1. The number of thiazole rings is 1. The fourth-order valence-electron chi connectivity index (χ4n) is 4.41. The molecule has 3 aliphatic heterocycles. The first-order valence-electron chi connectivity index (χ1n) is 10.1. The van der Waals surface area contributed by atoms with E-state index < -0.39 is 29.2 Å². The molecule has 4 heterocycles. The molecule has 0 saturated carbocycles. The lowest BCUT2D eigenvalue weighted by atomic mass is 10.0. The fraction of sp³-hybridized carbons (Fsp3) is 0.526. The van der Waals surface area contributed by atoms with Gasteiger partial charge in [-0.2, -0.15) is 0 Å². The van der Waals surface area contributed by atoms with Gasteiger partial charge in [0.1, 0.15) is 30.8 Å². The number of carboxylic acids is 1. The van der Waals surface area contributed by atoms with Gasteiger partial charge in [0, 0.05) is 29.5 Å². The van der Waals surface area contributed by atoms with E-state index in [2.05, 4.69) is 22.5 Å². The van der Waals surface area contributed by atoms with Crippen LogP contribution in [0.4, 0.5) is 5.13 Å². The van der Waals surface area contributed by atoms with Crippen molar-refractivity contribution in [3.8, 4) is 0 Å². The number of likely N-dealkylation sites (tertiary alicyclic amines) is 1. The largest absolute Gasteiger partial charge is 0.543 e. The summed E-state index contributed by atoms with van der Waals surface area (Å²) in [6.07, 6.45) is 2.21. The summed E-state index contributed by atoms with van der Waals surface area (Å²) in [5.41, 5.74) is 6.39. The molecule has 3 aliphatic rings. The number of aliphatic carboxylic acids is 1. The lowest BCUT2D eigenvalue weighted by Gasteiger charge is -2.51. The third kappa shape index (κ3) is 4.81. The number of carbonyl (C=O) groups is 3. The van der Waals surface area contributed by atoms with Crippen LogP contribution in [0.2, 0.25) is 0 Å². The quantitative estimate of drug-likeness (QED) is 0.206. The van der Waals surface area contributed by atoms with Crippen molar-refractivity contribution in [3.63, 3.8) is 0 Å². The van der Waals surface area contributed by atoms with Gasteiger partial charge in [-0.25, -0.2) is 4.98 Å². The van der Waals surface area contributed by atoms with Crippen LogP contribution < -0.4 is 16.2 Å². The zero-order valence-corrected chi connectivity index (χ0v) is 20.6. The van der Waals surface area contributed by atoms with Crippen molar-refractivity contribution < 1.29 is 28.8 Å². The number of hydrogen-bond donors (Lipinski definition) is 2. The number of likely N-dealkylation sites (N-methyl/N-ethyl adjacent to an activating group) is 1. The number of nitrogen functional groups attached to an aromatic ring is 1. The Morgan fingerprint density at radius 3 is 2.70 bits per heavy atom. The van der Waals surface area contributed by atoms with Crippen LogP contribution in [0.3, 0.4) is 0 Å². The van der Waals surface area contributed by atoms with Crippen molar-refractivity contribution in [2.75, 3.05) is 45.3 Å². The highest BCUT2D eigenvalue weighted by Gasteiger charge is 2.53. The maximum atomic E-state index is 12.9. The summed E-state index contributed by atoms with van der Waals surface area (Å²) in [5.74, 6) is -2.06. The van der Waals surface area contributed by atoms with Crippen molar-refractivity contribution >= 4 is 64.1 Å². The topological polar surface area (TPSA) is 150 Å². The molecule has 2 atom stereocenters. The Balaban J connectivity index is 0.00000306. The molecule has 180 valence electrons. The molecule has 1 aromatic rings. The molecule has 11 nitrogen and oxygen atoms in total. The number of nitrogens with zero attached hydrogens (tertiary/aromatic N) is 4. The number of carboxylic acid groups (broad SMARTS) is 1. The number of oxime groups is 1. The number of fused-ring (bicyclic) bond motifs is 1. The minimum atomic E-state index is -1.37. The fourth-order valence-corrected chi connectivity index (χ4v) is 6.30. The number of aromatic nitrogens is 1. The van der Waals surface area contributed by atoms with Crippen LogP contribution in [-0.2, 0) is 19.2 Å². The van der Waals surface area contributed by atoms with Gasteiger partial charge >= 0.3 is 0 Å². The third-order valence-electron chi connectivity index (χ3n) is 5.91. The van der Waals surface area contributed by atoms with E-state index in [-0.39, 0.29) is 34.6 Å². The average Bonchev–Trinajstić information content (AvgIpc) is 3.37. The molecule has 3 N–H and O–H groups in total. The predicted molar refractivity (Wildman–Crippen MR) is 124 cm³/mol. The predicted octanol–water partition coefficient (Wildman–Crippen LogP) is -0.858. The molecule has 2 amide bonds. The molecule has 0 aromatic carbocycles. The third-order valence-corrected chi connectivity index (χ3v) is 7.92. The molecular formula is C19H25ClN6O5S2. The molecule has 0 unspecified atom stereocenters. The zero-order chi connectivity index (χ0) is 23.0. The molecule has 4 rings (SSSR count). The number of amides is 2. The van der Waals surface area contributed by atoms with E-state index in [0.29, 0.717) is 17.9 Å². The summed E-state index contributed by atoms with van der Waals surface area (Å²) >= 11 is 2.57. The van der Waals surface area contributed by atoms with Gasteiger partial charge in [0.2, 0.25) is 0 Å². The molecule has 14 heteroatoms. The highest BCUT2D eigenvalue weighted by molar-refractivity contribution is 8.00. The molecule has 33 heavy (non-hydrogen) atoms. The standard InChI is InChI=1S/C19H24N6O5S2.ClH/c1-25(5-3-4-6-25)7-10-8-31-17-13(16(27)24(17)14(10)18(28)29)22-15(26)12(23-30-2)11-9-32-19(20)21-11;/h9,13,17H,3-8H2,1-2H3,(H3-,20,21,22,26,28,29);1H/t13-,17-;/m1./s1. The van der Waals surface area contributed by atoms with Gasteiger partial charge in [-0.3, -0.25) is 14.5 Å². The first kappa shape index (κ1) is 25.3. The second kappa shape index (κ2) is 9.87. The van der Waals surface area contributed by atoms with Crippen LogP contribution in [0.5, 0.6) is 0 Å². The van der Waals surface area contributed by atoms with Gasteiger partial charge in [0.25, 0.3) is 11.8 Å². The second-order valence-corrected chi connectivity index (χ2v) is 10.2. The van der Waals surface area contributed by atoms with E-state index in [1.807, 2.05) is 0 Å². The number of halogens is 1. The number of quaternary nitrogens is 1. The van der Waals surface area contributed by atoms with Gasteiger partial charge in [0.05, 0.1) is 31.8 Å². The molecule has 0 bridgehead atoms. The van der Waals surface area contributed by atoms with Crippen LogP contribution in [0.25, 0.3) is 0 Å². The molecule has 0 aliphatic carbocycles. The highest BCUT2D eigenvalue weighted by atomic mass is 35.5. The summed E-state index contributed by atoms with van der Waals surface area (Å²) in [6.45, 7) is 2.53. The van der Waals surface area contributed by atoms with Crippen molar-refractivity contribution in [2.24, 2.45) is 5.16 Å². The Labute approximate surface area is 205 Å². The highest BCUT2D eigenvalue weighted by Crippen LogP contribution is 2.41. The Kier molecular flexibility index (Phi) is 7.56. The summed E-state index contributed by atoms with van der Waals surface area (Å²) in [6, 6.07) is -0.891. The van der Waals surface area contributed by atoms with E-state index >= 15 is 0 Å². The number of nitrogens with two attached hydrogens (primary N) is 1. The van der Waals surface area contributed by atoms with Crippen LogP contribution in [0.15, 0.2) is 21.8 Å². The normalized spacial score (nSPS) is 24.0. The first-order chi connectivity index (χ1) is 15.2. The molecule has 0 radical (unpaired) electrons. The van der Waals surface area contributed by atoms with E-state index in [9.17, 15) is 19.5 Å². The summed E-state index contributed by atoms with van der Waals surface area (Å²) in [5, 5.41) is 19.6. The summed E-state index contributed by atoms with van der Waals surface area (Å²) in [7, 11) is 3.39. The monoisotopic (exact) mass is 516 g/mol. The van der Waals surface area contributed by atoms with E-state index in [1.54, 1.807) is 5.38 Å². The summed E-state index contributed by atoms with van der Waals surface area (Å²) in [4.78, 5) is 47.7. The lowest BCUT2D eigenvalue weighted by Crippen LogP contribution is -2.71. The van der Waals surface area contributed by atoms with Crippen molar-refractivity contribution in [1.82, 2.24) is 15.2 Å². The van der Waals surface area contributed by atoms with E-state index in [4.69, 9.17) is 10.6 Å². The second-order valence-electron chi connectivity index (χ2n) is 8.23.